The lowest BCUT2D eigenvalue weighted by Gasteiger charge is -2.34. The third-order valence-electron chi connectivity index (χ3n) is 4.51. The number of halogens is 1. The molecule has 0 aliphatic carbocycles. The average molecular weight is 363 g/mol. The number of nitrogens with zero attached hydrogens (tertiary/aromatic N) is 2. The molecule has 0 radical (unpaired) electrons. The van der Waals surface area contributed by atoms with Crippen molar-refractivity contribution in [3.05, 3.63) is 58.0 Å². The molecule has 6 heteroatoms. The van der Waals surface area contributed by atoms with E-state index >= 15 is 0 Å². The lowest BCUT2D eigenvalue weighted by molar-refractivity contribution is 0.0599. The van der Waals surface area contributed by atoms with Gasteiger partial charge in [0.25, 0.3) is 0 Å². The number of hydrogen-bond donors (Lipinski definition) is 0. The zero-order valence-electron chi connectivity index (χ0n) is 14.6. The minimum Gasteiger partial charge on any atom is -0.465 e. The summed E-state index contributed by atoms with van der Waals surface area (Å²) < 4.78 is 10.5. The van der Waals surface area contributed by atoms with Crippen LogP contribution in [-0.4, -0.2) is 49.1 Å². The normalized spacial score (nSPS) is 16.1. The fraction of sp³-hybridized carbons (Fsp3) is 0.421. The number of aryl methyl sites for hydroxylation is 1. The van der Waals surface area contributed by atoms with Gasteiger partial charge in [0, 0.05) is 37.7 Å². The van der Waals surface area contributed by atoms with Crippen molar-refractivity contribution in [1.82, 2.24) is 9.80 Å². The highest BCUT2D eigenvalue weighted by atomic mass is 35.5. The average Bonchev–Trinajstić information content (AvgIpc) is 2.96. The van der Waals surface area contributed by atoms with Gasteiger partial charge in [-0.1, -0.05) is 23.7 Å². The van der Waals surface area contributed by atoms with Gasteiger partial charge in [-0.3, -0.25) is 9.80 Å². The number of methoxy groups -OCH3 is 1. The highest BCUT2D eigenvalue weighted by molar-refractivity contribution is 6.30. The maximum absolute atomic E-state index is 11.7. The molecule has 2 aromatic rings. The molecule has 2 heterocycles. The van der Waals surface area contributed by atoms with Crippen LogP contribution in [0.4, 0.5) is 0 Å². The second-order valence-electron chi connectivity index (χ2n) is 6.36. The first-order chi connectivity index (χ1) is 12.0. The molecule has 0 spiro atoms. The summed E-state index contributed by atoms with van der Waals surface area (Å²) in [7, 11) is 1.38. The fourth-order valence-corrected chi connectivity index (χ4v) is 3.37. The lowest BCUT2D eigenvalue weighted by Crippen LogP contribution is -2.45. The van der Waals surface area contributed by atoms with Crippen molar-refractivity contribution in [2.45, 2.75) is 20.0 Å². The summed E-state index contributed by atoms with van der Waals surface area (Å²) in [6.45, 7) is 7.34. The van der Waals surface area contributed by atoms with Gasteiger partial charge in [0.15, 0.2) is 0 Å². The van der Waals surface area contributed by atoms with Crippen molar-refractivity contribution < 1.29 is 13.9 Å². The third kappa shape index (κ3) is 4.63. The highest BCUT2D eigenvalue weighted by Gasteiger charge is 2.20. The monoisotopic (exact) mass is 362 g/mol. The van der Waals surface area contributed by atoms with Crippen LogP contribution in [0, 0.1) is 6.92 Å². The number of furan rings is 1. The van der Waals surface area contributed by atoms with Gasteiger partial charge in [-0.05, 0) is 30.7 Å². The van der Waals surface area contributed by atoms with Gasteiger partial charge >= 0.3 is 5.97 Å². The molecule has 0 N–H and O–H groups in total. The van der Waals surface area contributed by atoms with Crippen LogP contribution in [0.2, 0.25) is 5.02 Å². The van der Waals surface area contributed by atoms with Gasteiger partial charge < -0.3 is 9.15 Å². The second kappa shape index (κ2) is 8.04. The van der Waals surface area contributed by atoms with E-state index in [9.17, 15) is 4.79 Å². The van der Waals surface area contributed by atoms with E-state index in [4.69, 9.17) is 20.8 Å². The van der Waals surface area contributed by atoms with Crippen LogP contribution in [0.1, 0.15) is 27.4 Å². The first-order valence-corrected chi connectivity index (χ1v) is 8.79. The van der Waals surface area contributed by atoms with E-state index < -0.39 is 0 Å². The molecule has 134 valence electrons. The number of rotatable bonds is 5. The van der Waals surface area contributed by atoms with Crippen LogP contribution >= 0.6 is 11.6 Å². The predicted molar refractivity (Wildman–Crippen MR) is 96.8 cm³/mol. The molecule has 0 bridgehead atoms. The van der Waals surface area contributed by atoms with E-state index in [1.807, 2.05) is 18.2 Å². The Labute approximate surface area is 153 Å². The molecule has 1 saturated heterocycles. The van der Waals surface area contributed by atoms with Crippen LogP contribution in [0.3, 0.4) is 0 Å². The minimum atomic E-state index is -0.348. The number of carbonyl (C=O) groups excluding carboxylic acids is 1. The maximum atomic E-state index is 11.7. The van der Waals surface area contributed by atoms with Gasteiger partial charge in [0.05, 0.1) is 13.7 Å². The van der Waals surface area contributed by atoms with E-state index in [0.717, 1.165) is 43.5 Å². The van der Waals surface area contributed by atoms with Crippen molar-refractivity contribution >= 4 is 17.6 Å². The van der Waals surface area contributed by atoms with Crippen LogP contribution in [-0.2, 0) is 17.8 Å². The van der Waals surface area contributed by atoms with Crippen molar-refractivity contribution in [1.29, 1.82) is 0 Å². The molecule has 1 fully saturated rings. The van der Waals surface area contributed by atoms with Crippen LogP contribution < -0.4 is 0 Å². The SMILES string of the molecule is COC(=O)c1cc(CN2CCN(Cc3cccc(Cl)c3)CC2)oc1C. The molecule has 1 aromatic carbocycles. The number of hydrogen-bond acceptors (Lipinski definition) is 5. The molecule has 0 amide bonds. The number of esters is 1. The number of piperazine rings is 1. The highest BCUT2D eigenvalue weighted by Crippen LogP contribution is 2.19. The van der Waals surface area contributed by atoms with Crippen molar-refractivity contribution in [3.63, 3.8) is 0 Å². The van der Waals surface area contributed by atoms with Gasteiger partial charge in [-0.15, -0.1) is 0 Å². The minimum absolute atomic E-state index is 0.348. The summed E-state index contributed by atoms with van der Waals surface area (Å²) in [5, 5.41) is 0.783. The van der Waals surface area contributed by atoms with Crippen molar-refractivity contribution in [2.24, 2.45) is 0 Å². The summed E-state index contributed by atoms with van der Waals surface area (Å²) >= 11 is 6.05. The molecule has 0 atom stereocenters. The van der Waals surface area contributed by atoms with Crippen LogP contribution in [0.15, 0.2) is 34.7 Å². The Morgan fingerprint density at radius 3 is 2.48 bits per heavy atom. The molecule has 1 aromatic heterocycles. The Morgan fingerprint density at radius 1 is 1.16 bits per heavy atom. The molecular formula is C19H23ClN2O3. The summed E-state index contributed by atoms with van der Waals surface area (Å²) in [4.78, 5) is 16.4. The summed E-state index contributed by atoms with van der Waals surface area (Å²) in [5.41, 5.74) is 1.75. The van der Waals surface area contributed by atoms with Gasteiger partial charge in [0.1, 0.15) is 17.1 Å². The van der Waals surface area contributed by atoms with E-state index in [1.54, 1.807) is 13.0 Å². The van der Waals surface area contributed by atoms with E-state index in [2.05, 4.69) is 15.9 Å². The third-order valence-corrected chi connectivity index (χ3v) is 4.75. The van der Waals surface area contributed by atoms with Crippen molar-refractivity contribution in [3.8, 4) is 0 Å². The lowest BCUT2D eigenvalue weighted by atomic mass is 10.2. The first kappa shape index (κ1) is 18.0. The molecule has 3 rings (SSSR count). The van der Waals surface area contributed by atoms with Gasteiger partial charge in [-0.2, -0.15) is 0 Å². The quantitative estimate of drug-likeness (QED) is 0.763. The Kier molecular flexibility index (Phi) is 5.78. The largest absolute Gasteiger partial charge is 0.465 e. The molecule has 1 aliphatic rings. The first-order valence-electron chi connectivity index (χ1n) is 8.42. The second-order valence-corrected chi connectivity index (χ2v) is 6.79. The molecule has 1 aliphatic heterocycles. The van der Waals surface area contributed by atoms with Gasteiger partial charge in [0.2, 0.25) is 0 Å². The Balaban J connectivity index is 1.52. The smallest absolute Gasteiger partial charge is 0.341 e. The summed E-state index contributed by atoms with van der Waals surface area (Å²) in [5.74, 6) is 1.07. The molecule has 0 unspecified atom stereocenters. The molecule has 25 heavy (non-hydrogen) atoms. The molecule has 5 nitrogen and oxygen atoms in total. The molecular weight excluding hydrogens is 340 g/mol. The Hall–Kier alpha value is -1.82. The number of ether oxygens (including phenoxy) is 1. The Morgan fingerprint density at radius 2 is 1.84 bits per heavy atom. The Bertz CT molecular complexity index is 736. The van der Waals surface area contributed by atoms with Gasteiger partial charge in [-0.25, -0.2) is 4.79 Å². The van der Waals surface area contributed by atoms with E-state index in [-0.39, 0.29) is 5.97 Å². The summed E-state index contributed by atoms with van der Waals surface area (Å²) in [6, 6.07) is 9.81. The van der Waals surface area contributed by atoms with Crippen molar-refractivity contribution in [2.75, 3.05) is 33.3 Å². The standard InChI is InChI=1S/C19H23ClN2O3/c1-14-18(19(23)24-2)11-17(25-14)13-22-8-6-21(7-9-22)12-15-4-3-5-16(20)10-15/h3-5,10-11H,6-9,12-13H2,1-2H3. The van der Waals surface area contributed by atoms with Crippen LogP contribution in [0.5, 0.6) is 0 Å². The van der Waals surface area contributed by atoms with E-state index in [0.29, 0.717) is 17.9 Å². The maximum Gasteiger partial charge on any atom is 0.341 e. The topological polar surface area (TPSA) is 45.9 Å². The number of carbonyl (C=O) groups is 1. The molecule has 0 saturated carbocycles. The summed E-state index contributed by atoms with van der Waals surface area (Å²) in [6.07, 6.45) is 0. The van der Waals surface area contributed by atoms with Crippen LogP contribution in [0.25, 0.3) is 0 Å². The number of benzene rings is 1. The zero-order chi connectivity index (χ0) is 17.8. The fourth-order valence-electron chi connectivity index (χ4n) is 3.15. The van der Waals surface area contributed by atoms with E-state index in [1.165, 1.54) is 12.7 Å². The zero-order valence-corrected chi connectivity index (χ0v) is 15.4. The predicted octanol–water partition coefficient (Wildman–Crippen LogP) is 3.35.